The second kappa shape index (κ2) is 5.16. The summed E-state index contributed by atoms with van der Waals surface area (Å²) in [6.07, 6.45) is 1.10. The Hall–Kier alpha value is -1.30. The molecule has 2 rings (SSSR count). The number of hydrogen-bond acceptors (Lipinski definition) is 0. The Bertz CT molecular complexity index is 576. The lowest BCUT2D eigenvalue weighted by Crippen LogP contribution is -2.21. The lowest BCUT2D eigenvalue weighted by Gasteiger charge is -2.30. The highest BCUT2D eigenvalue weighted by molar-refractivity contribution is 5.51. The number of benzene rings is 1. The topological polar surface area (TPSA) is 0 Å². The molecule has 0 radical (unpaired) electrons. The molecule has 0 bridgehead atoms. The van der Waals surface area contributed by atoms with Crippen LogP contribution in [0, 0.1) is 5.41 Å². The predicted octanol–water partition coefficient (Wildman–Crippen LogP) is 6.22. The van der Waals surface area contributed by atoms with E-state index in [4.69, 9.17) is 0 Å². The van der Waals surface area contributed by atoms with E-state index in [1.54, 1.807) is 0 Å². The average Bonchev–Trinajstić information content (AvgIpc) is 2.55. The molecule has 1 aliphatic rings. The predicted molar refractivity (Wildman–Crippen MR) is 93.7 cm³/mol. The third-order valence-corrected chi connectivity index (χ3v) is 5.72. The fraction of sp³-hybridized carbons (Fsp3) is 0.524. The Morgan fingerprint density at radius 2 is 1.24 bits per heavy atom. The van der Waals surface area contributed by atoms with E-state index in [-0.39, 0.29) is 10.8 Å². The minimum Gasteiger partial charge on any atom is -0.0598 e. The van der Waals surface area contributed by atoms with E-state index in [0.29, 0.717) is 0 Å². The van der Waals surface area contributed by atoms with E-state index >= 15 is 0 Å². The molecule has 0 unspecified atom stereocenters. The molecule has 0 N–H and O–H groups in total. The maximum Gasteiger partial charge on any atom is 0.0139 e. The molecule has 0 aliphatic heterocycles. The van der Waals surface area contributed by atoms with Crippen molar-refractivity contribution >= 4 is 0 Å². The van der Waals surface area contributed by atoms with Gasteiger partial charge in [0.15, 0.2) is 0 Å². The van der Waals surface area contributed by atoms with Crippen molar-refractivity contribution in [3.8, 4) is 0 Å². The molecule has 0 saturated heterocycles. The van der Waals surface area contributed by atoms with E-state index in [1.165, 1.54) is 33.4 Å². The second-order valence-corrected chi connectivity index (χ2v) is 7.96. The summed E-state index contributed by atoms with van der Waals surface area (Å²) in [5.74, 6) is 0. The van der Waals surface area contributed by atoms with E-state index < -0.39 is 0 Å². The monoisotopic (exact) mass is 282 g/mol. The molecule has 0 saturated carbocycles. The smallest absolute Gasteiger partial charge is 0.0139 e. The Morgan fingerprint density at radius 3 is 1.62 bits per heavy atom. The summed E-state index contributed by atoms with van der Waals surface area (Å²) in [5, 5.41) is 0. The fourth-order valence-corrected chi connectivity index (χ4v) is 3.47. The van der Waals surface area contributed by atoms with E-state index in [9.17, 15) is 0 Å². The van der Waals surface area contributed by atoms with Crippen LogP contribution in [0.3, 0.4) is 0 Å². The molecule has 0 nitrogen and oxygen atoms in total. The molecule has 0 amide bonds. The van der Waals surface area contributed by atoms with Crippen molar-refractivity contribution in [2.45, 2.75) is 67.2 Å². The van der Waals surface area contributed by atoms with Gasteiger partial charge in [0.05, 0.1) is 0 Å². The Balaban J connectivity index is 2.31. The molecule has 0 atom stereocenters. The van der Waals surface area contributed by atoms with Gasteiger partial charge in [0.2, 0.25) is 0 Å². The number of rotatable bonds is 2. The highest BCUT2D eigenvalue weighted by Crippen LogP contribution is 2.48. The number of hydrogen-bond donors (Lipinski definition) is 0. The first-order valence-corrected chi connectivity index (χ1v) is 8.03. The van der Waals surface area contributed by atoms with E-state index in [2.05, 4.69) is 79.7 Å². The highest BCUT2D eigenvalue weighted by atomic mass is 14.4. The third kappa shape index (κ3) is 2.73. The van der Waals surface area contributed by atoms with Crippen molar-refractivity contribution in [2.75, 3.05) is 0 Å². The van der Waals surface area contributed by atoms with Crippen LogP contribution < -0.4 is 0 Å². The molecule has 1 aliphatic carbocycles. The Morgan fingerprint density at radius 1 is 0.810 bits per heavy atom. The van der Waals surface area contributed by atoms with Crippen LogP contribution in [-0.4, -0.2) is 0 Å². The largest absolute Gasteiger partial charge is 0.0598 e. The SMILES string of the molecule is CC1=C(C)C(C)(Cc2ccc(C(C)(C)C)cc2)C(C)=C1C. The summed E-state index contributed by atoms with van der Waals surface area (Å²) in [7, 11) is 0. The standard InChI is InChI=1S/C21H30/c1-14-15(2)17(4)21(8,16(14)3)13-18-9-11-19(12-10-18)20(5,6)7/h9-12H,13H2,1-8H3. The quantitative estimate of drug-likeness (QED) is 0.604. The van der Waals surface area contributed by atoms with Gasteiger partial charge in [-0.2, -0.15) is 0 Å². The zero-order valence-electron chi connectivity index (χ0n) is 15.0. The van der Waals surface area contributed by atoms with Crippen LogP contribution in [0.5, 0.6) is 0 Å². The highest BCUT2D eigenvalue weighted by Gasteiger charge is 2.36. The molecule has 0 spiro atoms. The molecule has 0 aromatic heterocycles. The summed E-state index contributed by atoms with van der Waals surface area (Å²) in [5.41, 5.74) is 9.32. The Labute approximate surface area is 131 Å². The van der Waals surface area contributed by atoms with Crippen molar-refractivity contribution in [3.63, 3.8) is 0 Å². The van der Waals surface area contributed by atoms with Gasteiger partial charge in [0, 0.05) is 5.41 Å². The van der Waals surface area contributed by atoms with Crippen LogP contribution in [0.15, 0.2) is 46.6 Å². The molecule has 0 fully saturated rings. The average molecular weight is 282 g/mol. The van der Waals surface area contributed by atoms with Gasteiger partial charge in [-0.05, 0) is 61.8 Å². The first-order valence-electron chi connectivity index (χ1n) is 8.03. The van der Waals surface area contributed by atoms with Crippen LogP contribution >= 0.6 is 0 Å². The second-order valence-electron chi connectivity index (χ2n) is 7.96. The van der Waals surface area contributed by atoms with Crippen LogP contribution in [0.1, 0.15) is 66.5 Å². The normalized spacial score (nSPS) is 18.7. The van der Waals surface area contributed by atoms with Crippen LogP contribution in [0.4, 0.5) is 0 Å². The molecular weight excluding hydrogens is 252 g/mol. The molecule has 1 aromatic carbocycles. The first-order chi connectivity index (χ1) is 9.57. The minimum atomic E-state index is 0.192. The van der Waals surface area contributed by atoms with Crippen molar-refractivity contribution in [3.05, 3.63) is 57.7 Å². The number of allylic oxidation sites excluding steroid dienone is 4. The van der Waals surface area contributed by atoms with E-state index in [1.807, 2.05) is 0 Å². The van der Waals surface area contributed by atoms with Crippen molar-refractivity contribution < 1.29 is 0 Å². The fourth-order valence-electron chi connectivity index (χ4n) is 3.47. The van der Waals surface area contributed by atoms with Gasteiger partial charge >= 0.3 is 0 Å². The molecule has 21 heavy (non-hydrogen) atoms. The maximum absolute atomic E-state index is 2.40. The van der Waals surface area contributed by atoms with Crippen LogP contribution in [0.25, 0.3) is 0 Å². The summed E-state index contributed by atoms with van der Waals surface area (Å²) in [6.45, 7) is 18.4. The lowest BCUT2D eigenvalue weighted by atomic mass is 9.74. The summed E-state index contributed by atoms with van der Waals surface area (Å²) < 4.78 is 0. The van der Waals surface area contributed by atoms with Crippen LogP contribution in [-0.2, 0) is 11.8 Å². The lowest BCUT2D eigenvalue weighted by molar-refractivity contribution is 0.482. The van der Waals surface area contributed by atoms with Gasteiger partial charge < -0.3 is 0 Å². The Kier molecular flexibility index (Phi) is 3.95. The minimum absolute atomic E-state index is 0.192. The van der Waals surface area contributed by atoms with Gasteiger partial charge in [0.25, 0.3) is 0 Å². The molecular formula is C21H30. The molecule has 0 heteroatoms. The third-order valence-electron chi connectivity index (χ3n) is 5.72. The van der Waals surface area contributed by atoms with E-state index in [0.717, 1.165) is 6.42 Å². The summed E-state index contributed by atoms with van der Waals surface area (Å²) in [4.78, 5) is 0. The summed E-state index contributed by atoms with van der Waals surface area (Å²) >= 11 is 0. The zero-order valence-corrected chi connectivity index (χ0v) is 15.0. The van der Waals surface area contributed by atoms with Gasteiger partial charge in [-0.3, -0.25) is 0 Å². The van der Waals surface area contributed by atoms with Crippen molar-refractivity contribution in [1.82, 2.24) is 0 Å². The molecule has 114 valence electrons. The molecule has 1 aromatic rings. The van der Waals surface area contributed by atoms with Gasteiger partial charge in [-0.25, -0.2) is 0 Å². The van der Waals surface area contributed by atoms with Crippen molar-refractivity contribution in [1.29, 1.82) is 0 Å². The van der Waals surface area contributed by atoms with Gasteiger partial charge in [-0.15, -0.1) is 0 Å². The molecule has 0 heterocycles. The zero-order chi connectivity index (χ0) is 16.0. The van der Waals surface area contributed by atoms with Crippen LogP contribution in [0.2, 0.25) is 0 Å². The van der Waals surface area contributed by atoms with Gasteiger partial charge in [-0.1, -0.05) is 63.1 Å². The van der Waals surface area contributed by atoms with Crippen molar-refractivity contribution in [2.24, 2.45) is 5.41 Å². The first kappa shape index (κ1) is 16.1. The summed E-state index contributed by atoms with van der Waals surface area (Å²) in [6, 6.07) is 9.22. The maximum atomic E-state index is 2.40. The van der Waals surface area contributed by atoms with Gasteiger partial charge in [0.1, 0.15) is 0 Å².